The van der Waals surface area contributed by atoms with Gasteiger partial charge in [0.2, 0.25) is 0 Å². The standard InChI is InChI=1S/C8H6O5.K.H/c9-7(10)5-3-1-2-4-6(5)8(11)13-12;;/h1-4,12H,(H,9,10);;/q;+1;-1. The summed E-state index contributed by atoms with van der Waals surface area (Å²) in [5, 5.41) is 16.7. The van der Waals surface area contributed by atoms with Gasteiger partial charge in [-0.2, -0.15) is 5.26 Å². The van der Waals surface area contributed by atoms with Crippen LogP contribution in [0, 0.1) is 0 Å². The average Bonchev–Trinajstić information content (AvgIpc) is 2.16. The Balaban J connectivity index is 0. The Bertz CT molecular complexity index is 355. The first-order valence-corrected chi connectivity index (χ1v) is 3.35. The van der Waals surface area contributed by atoms with Crippen molar-refractivity contribution in [3.63, 3.8) is 0 Å². The number of carbonyl (C=O) groups is 2. The topological polar surface area (TPSA) is 83.8 Å². The molecule has 0 bridgehead atoms. The van der Waals surface area contributed by atoms with Crippen molar-refractivity contribution in [1.82, 2.24) is 0 Å². The molecule has 0 aliphatic rings. The molecule has 2 N–H and O–H groups in total. The van der Waals surface area contributed by atoms with E-state index in [0.717, 1.165) is 0 Å². The third-order valence-electron chi connectivity index (χ3n) is 1.46. The largest absolute Gasteiger partial charge is 1.00 e. The zero-order valence-corrected chi connectivity index (χ0v) is 10.6. The molecule has 0 amide bonds. The molecule has 0 aromatic heterocycles. The number of carboxylic acids is 1. The molecule has 0 aliphatic carbocycles. The van der Waals surface area contributed by atoms with Crippen LogP contribution in [-0.4, -0.2) is 22.3 Å². The van der Waals surface area contributed by atoms with E-state index in [1.807, 2.05) is 0 Å². The summed E-state index contributed by atoms with van der Waals surface area (Å²) in [6, 6.07) is 5.44. The van der Waals surface area contributed by atoms with E-state index >= 15 is 0 Å². The molecule has 6 heteroatoms. The van der Waals surface area contributed by atoms with E-state index < -0.39 is 11.9 Å². The van der Waals surface area contributed by atoms with E-state index in [0.29, 0.717) is 0 Å². The fourth-order valence-corrected chi connectivity index (χ4v) is 0.897. The Morgan fingerprint density at radius 2 is 1.71 bits per heavy atom. The molecule has 14 heavy (non-hydrogen) atoms. The molecular weight excluding hydrogens is 215 g/mol. The summed E-state index contributed by atoms with van der Waals surface area (Å²) < 4.78 is 0. The van der Waals surface area contributed by atoms with Crippen molar-refractivity contribution >= 4 is 11.9 Å². The first-order valence-electron chi connectivity index (χ1n) is 3.35. The van der Waals surface area contributed by atoms with Crippen molar-refractivity contribution in [2.45, 2.75) is 0 Å². The van der Waals surface area contributed by atoms with Gasteiger partial charge in [-0.05, 0) is 12.1 Å². The number of benzene rings is 1. The molecule has 0 spiro atoms. The van der Waals surface area contributed by atoms with E-state index in [4.69, 9.17) is 10.4 Å². The second-order valence-electron chi connectivity index (χ2n) is 2.23. The van der Waals surface area contributed by atoms with Gasteiger partial charge in [0, 0.05) is 0 Å². The molecule has 0 atom stereocenters. The molecule has 0 radical (unpaired) electrons. The Morgan fingerprint density at radius 3 is 2.14 bits per heavy atom. The van der Waals surface area contributed by atoms with Gasteiger partial charge >= 0.3 is 63.3 Å². The smallest absolute Gasteiger partial charge is 1.00 e. The molecular formula is C8H7KO5. The van der Waals surface area contributed by atoms with Gasteiger partial charge in [-0.15, -0.1) is 0 Å². The number of hydrogen-bond donors (Lipinski definition) is 2. The quantitative estimate of drug-likeness (QED) is 0.348. The maximum Gasteiger partial charge on any atom is 1.00 e. The molecule has 1 aromatic carbocycles. The minimum atomic E-state index is -1.25. The van der Waals surface area contributed by atoms with Crippen LogP contribution in [0.3, 0.4) is 0 Å². The van der Waals surface area contributed by atoms with E-state index in [1.54, 1.807) is 0 Å². The maximum atomic E-state index is 10.8. The summed E-state index contributed by atoms with van der Waals surface area (Å²) in [6.07, 6.45) is 0. The van der Waals surface area contributed by atoms with Crippen molar-refractivity contribution in [1.29, 1.82) is 0 Å². The number of aromatic carboxylic acids is 1. The van der Waals surface area contributed by atoms with Crippen LogP contribution in [0.15, 0.2) is 24.3 Å². The number of carbonyl (C=O) groups excluding carboxylic acids is 1. The fourth-order valence-electron chi connectivity index (χ4n) is 0.897. The van der Waals surface area contributed by atoms with Crippen LogP contribution in [0.1, 0.15) is 22.1 Å². The molecule has 0 heterocycles. The Morgan fingerprint density at radius 1 is 1.21 bits per heavy atom. The van der Waals surface area contributed by atoms with Crippen molar-refractivity contribution in [2.24, 2.45) is 0 Å². The van der Waals surface area contributed by atoms with Gasteiger partial charge < -0.3 is 6.53 Å². The third-order valence-corrected chi connectivity index (χ3v) is 1.46. The minimum Gasteiger partial charge on any atom is -1.00 e. The monoisotopic (exact) mass is 222 g/mol. The summed E-state index contributed by atoms with van der Waals surface area (Å²) in [6.45, 7) is 0. The van der Waals surface area contributed by atoms with Crippen molar-refractivity contribution in [3.05, 3.63) is 35.4 Å². The van der Waals surface area contributed by atoms with E-state index in [2.05, 4.69) is 4.89 Å². The molecule has 1 aromatic rings. The predicted molar refractivity (Wildman–Crippen MR) is 42.6 cm³/mol. The van der Waals surface area contributed by atoms with Crippen molar-refractivity contribution in [2.75, 3.05) is 0 Å². The van der Waals surface area contributed by atoms with Crippen LogP contribution in [0.25, 0.3) is 0 Å². The van der Waals surface area contributed by atoms with Gasteiger partial charge in [0.1, 0.15) is 0 Å². The van der Waals surface area contributed by atoms with E-state index in [9.17, 15) is 9.59 Å². The first-order chi connectivity index (χ1) is 6.16. The van der Waals surface area contributed by atoms with Crippen LogP contribution in [0.4, 0.5) is 0 Å². The maximum absolute atomic E-state index is 10.8. The Hall–Kier alpha value is -0.244. The number of rotatable bonds is 2. The van der Waals surface area contributed by atoms with E-state index in [-0.39, 0.29) is 63.9 Å². The van der Waals surface area contributed by atoms with Crippen LogP contribution in [-0.2, 0) is 4.89 Å². The predicted octanol–water partition coefficient (Wildman–Crippen LogP) is -1.87. The van der Waals surface area contributed by atoms with Gasteiger partial charge in [0.25, 0.3) is 0 Å². The number of carboxylic acid groups (broad SMARTS) is 1. The SMILES string of the molecule is O=C(O)c1ccccc1C(=O)OO.[H-].[K+]. The first kappa shape index (κ1) is 13.8. The summed E-state index contributed by atoms with van der Waals surface area (Å²) in [5.41, 5.74) is -0.390. The van der Waals surface area contributed by atoms with Crippen LogP contribution in [0.2, 0.25) is 0 Å². The normalized spacial score (nSPS) is 8.64. The van der Waals surface area contributed by atoms with Crippen molar-refractivity contribution < 1.29 is 77.7 Å². The molecule has 0 saturated carbocycles. The van der Waals surface area contributed by atoms with Crippen LogP contribution < -0.4 is 51.4 Å². The summed E-state index contributed by atoms with van der Waals surface area (Å²) >= 11 is 0. The molecule has 0 aliphatic heterocycles. The summed E-state index contributed by atoms with van der Waals surface area (Å²) in [4.78, 5) is 24.8. The van der Waals surface area contributed by atoms with Crippen LogP contribution >= 0.6 is 0 Å². The molecule has 0 saturated heterocycles. The third kappa shape index (κ3) is 3.16. The second-order valence-corrected chi connectivity index (χ2v) is 2.23. The van der Waals surface area contributed by atoms with Gasteiger partial charge in [-0.3, -0.25) is 4.89 Å². The van der Waals surface area contributed by atoms with Gasteiger partial charge in [-0.25, -0.2) is 9.59 Å². The van der Waals surface area contributed by atoms with Crippen molar-refractivity contribution in [3.8, 4) is 0 Å². The summed E-state index contributed by atoms with van der Waals surface area (Å²) in [5.74, 6) is -2.33. The zero-order valence-electron chi connectivity index (χ0n) is 8.43. The van der Waals surface area contributed by atoms with Crippen LogP contribution in [0.5, 0.6) is 0 Å². The molecule has 1 rings (SSSR count). The molecule has 5 nitrogen and oxygen atoms in total. The second kappa shape index (κ2) is 6.28. The Labute approximate surface area is 124 Å². The minimum absolute atomic E-state index is 0. The van der Waals surface area contributed by atoms with Gasteiger partial charge in [-0.1, -0.05) is 12.1 Å². The number of hydrogen-bond acceptors (Lipinski definition) is 4. The fraction of sp³-hybridized carbons (Fsp3) is 0. The van der Waals surface area contributed by atoms with E-state index in [1.165, 1.54) is 24.3 Å². The molecule has 0 unspecified atom stereocenters. The van der Waals surface area contributed by atoms with Gasteiger partial charge in [0.05, 0.1) is 11.1 Å². The molecule has 70 valence electrons. The summed E-state index contributed by atoms with van der Waals surface area (Å²) in [7, 11) is 0. The zero-order chi connectivity index (χ0) is 9.84. The Kier molecular flexibility index (Phi) is 6.17. The average molecular weight is 222 g/mol. The molecule has 0 fully saturated rings. The van der Waals surface area contributed by atoms with Gasteiger partial charge in [0.15, 0.2) is 0 Å².